The Hall–Kier alpha value is -3.35. The third-order valence-electron chi connectivity index (χ3n) is 4.93. The number of carbonyl (C=O) groups excluding carboxylic acids is 1. The first-order valence-corrected chi connectivity index (χ1v) is 12.5. The minimum absolute atomic E-state index is 0.0659. The highest BCUT2D eigenvalue weighted by Crippen LogP contribution is 2.14. The van der Waals surface area contributed by atoms with E-state index in [9.17, 15) is 27.1 Å². The van der Waals surface area contributed by atoms with Crippen LogP contribution in [0.5, 0.6) is 0 Å². The lowest BCUT2D eigenvalue weighted by Gasteiger charge is -2.24. The molecule has 2 aromatic carbocycles. The molecule has 2 unspecified atom stereocenters. The van der Waals surface area contributed by atoms with Gasteiger partial charge >= 0.3 is 6.01 Å². The topological polar surface area (TPSA) is 134 Å². The van der Waals surface area contributed by atoms with Crippen LogP contribution >= 0.6 is 0 Å². The number of sulfonamides is 1. The van der Waals surface area contributed by atoms with Crippen molar-refractivity contribution in [2.45, 2.75) is 32.0 Å². The van der Waals surface area contributed by atoms with Crippen molar-refractivity contribution in [2.75, 3.05) is 17.5 Å². The van der Waals surface area contributed by atoms with Crippen molar-refractivity contribution in [1.29, 1.82) is 0 Å². The lowest BCUT2D eigenvalue weighted by molar-refractivity contribution is 0.0825. The van der Waals surface area contributed by atoms with Crippen molar-refractivity contribution >= 4 is 21.9 Å². The number of amides is 1. The molecule has 2 atom stereocenters. The summed E-state index contributed by atoms with van der Waals surface area (Å²) in [6, 6.07) is 9.37. The molecule has 0 aliphatic heterocycles. The predicted molar refractivity (Wildman–Crippen MR) is 125 cm³/mol. The zero-order valence-corrected chi connectivity index (χ0v) is 19.9. The number of halogens is 2. The van der Waals surface area contributed by atoms with Crippen LogP contribution < -0.4 is 15.4 Å². The summed E-state index contributed by atoms with van der Waals surface area (Å²) in [5.74, 6) is -2.34. The van der Waals surface area contributed by atoms with Crippen molar-refractivity contribution in [3.63, 3.8) is 0 Å². The quantitative estimate of drug-likeness (QED) is 0.312. The van der Waals surface area contributed by atoms with E-state index >= 15 is 0 Å². The number of aryl methyl sites for hydroxylation is 1. The molecule has 4 N–H and O–H groups in total. The van der Waals surface area contributed by atoms with Crippen LogP contribution in [0.2, 0.25) is 0 Å². The average Bonchev–Trinajstić information content (AvgIpc) is 3.19. The van der Waals surface area contributed by atoms with E-state index in [-0.39, 0.29) is 24.2 Å². The molecule has 35 heavy (non-hydrogen) atoms. The third-order valence-corrected chi connectivity index (χ3v) is 5.48. The van der Waals surface area contributed by atoms with E-state index in [1.807, 2.05) is 35.9 Å². The highest BCUT2D eigenvalue weighted by Gasteiger charge is 2.25. The van der Waals surface area contributed by atoms with Crippen LogP contribution in [-0.2, 0) is 23.0 Å². The SMILES string of the molecule is Cc1cccc(CNCC(O)C(Cc2cc(F)cc(F)c2)NC(=O)c2coc(NS(C)(=O)=O)n2)c1. The largest absolute Gasteiger partial charge is 0.431 e. The van der Waals surface area contributed by atoms with E-state index in [0.29, 0.717) is 6.54 Å². The minimum Gasteiger partial charge on any atom is -0.431 e. The molecule has 0 saturated carbocycles. The molecule has 0 aliphatic carbocycles. The van der Waals surface area contributed by atoms with Crippen molar-refractivity contribution in [3.05, 3.63) is 82.7 Å². The lowest BCUT2D eigenvalue weighted by atomic mass is 10.0. The maximum Gasteiger partial charge on any atom is 0.309 e. The molecule has 0 radical (unpaired) electrons. The van der Waals surface area contributed by atoms with Gasteiger partial charge in [0.2, 0.25) is 10.0 Å². The number of benzene rings is 2. The second-order valence-electron chi connectivity index (χ2n) is 8.16. The molecule has 0 saturated heterocycles. The monoisotopic (exact) mass is 508 g/mol. The first kappa shape index (κ1) is 26.3. The first-order valence-electron chi connectivity index (χ1n) is 10.6. The van der Waals surface area contributed by atoms with Gasteiger partial charge in [0, 0.05) is 19.2 Å². The molecule has 1 heterocycles. The molecule has 0 aliphatic rings. The van der Waals surface area contributed by atoms with Gasteiger partial charge in [-0.15, -0.1) is 0 Å². The fourth-order valence-corrected chi connectivity index (χ4v) is 3.83. The van der Waals surface area contributed by atoms with Gasteiger partial charge in [0.05, 0.1) is 18.4 Å². The molecular formula is C23H26F2N4O5S. The van der Waals surface area contributed by atoms with Gasteiger partial charge in [-0.05, 0) is 36.6 Å². The fraction of sp³-hybridized carbons (Fsp3) is 0.304. The molecule has 3 rings (SSSR count). The number of nitrogens with zero attached hydrogens (tertiary/aromatic N) is 1. The summed E-state index contributed by atoms with van der Waals surface area (Å²) in [5, 5.41) is 16.5. The Morgan fingerprint density at radius 3 is 2.51 bits per heavy atom. The molecule has 188 valence electrons. The summed E-state index contributed by atoms with van der Waals surface area (Å²) in [6.07, 6.45) is 0.616. The van der Waals surface area contributed by atoms with Gasteiger partial charge in [0.1, 0.15) is 17.9 Å². The number of nitrogens with one attached hydrogen (secondary N) is 3. The Labute approximate surface area is 201 Å². The second-order valence-corrected chi connectivity index (χ2v) is 9.91. The maximum absolute atomic E-state index is 13.7. The van der Waals surface area contributed by atoms with Crippen LogP contribution in [0.3, 0.4) is 0 Å². The lowest BCUT2D eigenvalue weighted by Crippen LogP contribution is -2.48. The van der Waals surface area contributed by atoms with E-state index < -0.39 is 45.7 Å². The number of hydrogen-bond acceptors (Lipinski definition) is 7. The fourth-order valence-electron chi connectivity index (χ4n) is 3.42. The predicted octanol–water partition coefficient (Wildman–Crippen LogP) is 2.12. The van der Waals surface area contributed by atoms with Crippen LogP contribution in [-0.4, -0.2) is 49.4 Å². The Kier molecular flexibility index (Phi) is 8.54. The number of oxazole rings is 1. The van der Waals surface area contributed by atoms with Crippen LogP contribution in [0, 0.1) is 18.6 Å². The van der Waals surface area contributed by atoms with Crippen LogP contribution in [0.4, 0.5) is 14.8 Å². The Balaban J connectivity index is 1.71. The normalized spacial score (nSPS) is 13.3. The summed E-state index contributed by atoms with van der Waals surface area (Å²) in [6.45, 7) is 2.48. The summed E-state index contributed by atoms with van der Waals surface area (Å²) in [4.78, 5) is 16.5. The number of rotatable bonds is 11. The van der Waals surface area contributed by atoms with Gasteiger partial charge in [-0.25, -0.2) is 21.9 Å². The highest BCUT2D eigenvalue weighted by molar-refractivity contribution is 7.91. The van der Waals surface area contributed by atoms with Crippen molar-refractivity contribution in [3.8, 4) is 0 Å². The summed E-state index contributed by atoms with van der Waals surface area (Å²) < 4.78 is 56.9. The number of aromatic nitrogens is 1. The third kappa shape index (κ3) is 8.42. The van der Waals surface area contributed by atoms with Crippen molar-refractivity contribution in [1.82, 2.24) is 15.6 Å². The van der Waals surface area contributed by atoms with Crippen LogP contribution in [0.15, 0.2) is 53.1 Å². The summed E-state index contributed by atoms with van der Waals surface area (Å²) in [7, 11) is -3.67. The average molecular weight is 509 g/mol. The van der Waals surface area contributed by atoms with E-state index in [2.05, 4.69) is 15.6 Å². The van der Waals surface area contributed by atoms with Gasteiger partial charge < -0.3 is 20.2 Å². The Bertz CT molecular complexity index is 1260. The maximum atomic E-state index is 13.7. The first-order chi connectivity index (χ1) is 16.5. The number of anilines is 1. The zero-order chi connectivity index (χ0) is 25.6. The van der Waals surface area contributed by atoms with Crippen LogP contribution in [0.25, 0.3) is 0 Å². The smallest absolute Gasteiger partial charge is 0.309 e. The van der Waals surface area contributed by atoms with Crippen molar-refractivity contribution < 1.29 is 31.5 Å². The van der Waals surface area contributed by atoms with Crippen LogP contribution in [0.1, 0.15) is 27.2 Å². The number of hydrogen-bond donors (Lipinski definition) is 4. The molecule has 3 aromatic rings. The Morgan fingerprint density at radius 2 is 1.86 bits per heavy atom. The van der Waals surface area contributed by atoms with E-state index in [1.165, 1.54) is 0 Å². The molecule has 1 aromatic heterocycles. The summed E-state index contributed by atoms with van der Waals surface area (Å²) >= 11 is 0. The molecule has 12 heteroatoms. The van der Waals surface area contributed by atoms with E-state index in [1.54, 1.807) is 0 Å². The summed E-state index contributed by atoms with van der Waals surface area (Å²) in [5.41, 5.74) is 2.07. The molecule has 1 amide bonds. The minimum atomic E-state index is -3.67. The van der Waals surface area contributed by atoms with Gasteiger partial charge in [-0.2, -0.15) is 4.98 Å². The van der Waals surface area contributed by atoms with E-state index in [4.69, 9.17) is 4.42 Å². The molecular weight excluding hydrogens is 482 g/mol. The van der Waals surface area contributed by atoms with Gasteiger partial charge in [0.25, 0.3) is 5.91 Å². The van der Waals surface area contributed by atoms with Gasteiger partial charge in [-0.1, -0.05) is 29.8 Å². The van der Waals surface area contributed by atoms with Gasteiger partial charge in [0.15, 0.2) is 5.69 Å². The second kappa shape index (κ2) is 11.4. The zero-order valence-electron chi connectivity index (χ0n) is 19.1. The van der Waals surface area contributed by atoms with Gasteiger partial charge in [-0.3, -0.25) is 4.79 Å². The number of carbonyl (C=O) groups is 1. The van der Waals surface area contributed by atoms with Crippen molar-refractivity contribution in [2.24, 2.45) is 0 Å². The standard InChI is InChI=1S/C23H26F2N4O5S/c1-14-4-3-5-15(6-14)11-26-12-21(30)19(9-16-7-17(24)10-18(25)8-16)27-22(31)20-13-34-23(28-20)29-35(2,32)33/h3-8,10,13,19,21,26,30H,9,11-12H2,1-2H3,(H,27,31)(H,28,29). The number of aliphatic hydroxyl groups is 1. The molecule has 0 fully saturated rings. The highest BCUT2D eigenvalue weighted by atomic mass is 32.2. The van der Waals surface area contributed by atoms with E-state index in [0.717, 1.165) is 41.8 Å². The number of aliphatic hydroxyl groups excluding tert-OH is 1. The molecule has 0 bridgehead atoms. The molecule has 0 spiro atoms. The Morgan fingerprint density at radius 1 is 1.14 bits per heavy atom. The molecule has 9 nitrogen and oxygen atoms in total.